The lowest BCUT2D eigenvalue weighted by Crippen LogP contribution is -2.57. The Labute approximate surface area is 256 Å². The van der Waals surface area contributed by atoms with Crippen molar-refractivity contribution in [1.29, 1.82) is 0 Å². The number of rotatable bonds is 7. The van der Waals surface area contributed by atoms with E-state index in [1.807, 2.05) is 18.7 Å². The lowest BCUT2D eigenvalue weighted by molar-refractivity contribution is -0.612. The van der Waals surface area contributed by atoms with Gasteiger partial charge in [-0.05, 0) is 89.7 Å². The number of carboxylic acid groups (broad SMARTS) is 1. The number of hydrogen-bond acceptors (Lipinski definition) is 7. The fraction of sp³-hybridized carbons (Fsp3) is 0.548. The summed E-state index contributed by atoms with van der Waals surface area (Å²) < 4.78 is 1.84. The van der Waals surface area contributed by atoms with E-state index in [9.17, 15) is 14.8 Å². The summed E-state index contributed by atoms with van der Waals surface area (Å²) in [5, 5.41) is 32.3. The van der Waals surface area contributed by atoms with Crippen LogP contribution in [0.3, 0.4) is 0 Å². The molecule has 0 radical (unpaired) electrons. The van der Waals surface area contributed by atoms with Gasteiger partial charge in [-0.15, -0.1) is 0 Å². The van der Waals surface area contributed by atoms with Gasteiger partial charge in [0.05, 0.1) is 5.71 Å². The highest BCUT2D eigenvalue weighted by Crippen LogP contribution is 2.34. The predicted molar refractivity (Wildman–Crippen MR) is 164 cm³/mol. The maximum absolute atomic E-state index is 13.3. The lowest BCUT2D eigenvalue weighted by atomic mass is 9.82. The molecule has 4 rings (SSSR count). The molecule has 11 heteroatoms. The number of carbonyl (C=O) groups is 2. The van der Waals surface area contributed by atoms with Gasteiger partial charge in [-0.2, -0.15) is 4.73 Å². The number of likely N-dealkylation sites (tertiary alicyclic amines) is 2. The molecule has 2 aromatic rings. The summed E-state index contributed by atoms with van der Waals surface area (Å²) in [6, 6.07) is 10.0. The molecule has 0 aliphatic carbocycles. The highest BCUT2D eigenvalue weighted by molar-refractivity contribution is 9.10. The van der Waals surface area contributed by atoms with Crippen LogP contribution in [0.1, 0.15) is 73.6 Å². The summed E-state index contributed by atoms with van der Waals surface area (Å²) in [4.78, 5) is 32.7. The Bertz CT molecular complexity index is 1250. The average molecular weight is 648 g/mol. The molecule has 2 fully saturated rings. The largest absolute Gasteiger partial charge is 0.618 e. The number of nitrogens with zero attached hydrogens (tertiary/aromatic N) is 4. The number of amides is 1. The van der Waals surface area contributed by atoms with Crippen LogP contribution in [0.2, 0.25) is 0 Å². The molecule has 0 bridgehead atoms. The summed E-state index contributed by atoms with van der Waals surface area (Å²) in [6.45, 7) is 13.1. The smallest absolute Gasteiger partial charge is 0.332 e. The quantitative estimate of drug-likeness (QED) is 0.199. The van der Waals surface area contributed by atoms with Gasteiger partial charge in [0.2, 0.25) is 5.69 Å². The third-order valence-electron chi connectivity index (χ3n) is 8.32. The maximum atomic E-state index is 13.3. The van der Waals surface area contributed by atoms with Gasteiger partial charge in [0.1, 0.15) is 18.3 Å². The van der Waals surface area contributed by atoms with E-state index < -0.39 is 12.1 Å². The van der Waals surface area contributed by atoms with Crippen LogP contribution < -0.4 is 4.73 Å². The predicted octanol–water partition coefficient (Wildman–Crippen LogP) is 4.30. The number of oxime groups is 1. The molecule has 1 unspecified atom stereocenters. The Morgan fingerprint density at radius 3 is 2.24 bits per heavy atom. The number of benzene rings is 1. The second-order valence-corrected chi connectivity index (χ2v) is 12.2. The molecule has 230 valence electrons. The number of aliphatic carboxylic acids is 1. The van der Waals surface area contributed by atoms with Crippen molar-refractivity contribution in [2.75, 3.05) is 32.8 Å². The van der Waals surface area contributed by atoms with Crippen LogP contribution in [0.5, 0.6) is 0 Å². The summed E-state index contributed by atoms with van der Waals surface area (Å²) >= 11 is 3.52. The molecular formula is C31H43BrN4O6. The van der Waals surface area contributed by atoms with E-state index >= 15 is 0 Å². The number of carboxylic acids is 1. The zero-order valence-electron chi connectivity index (χ0n) is 25.2. The Morgan fingerprint density at radius 2 is 1.71 bits per heavy atom. The number of carbonyl (C=O) groups excluding carboxylic acids is 1. The van der Waals surface area contributed by atoms with Gasteiger partial charge in [-0.25, -0.2) is 4.79 Å². The van der Waals surface area contributed by atoms with Gasteiger partial charge in [0.25, 0.3) is 5.91 Å². The SMILES string of the molecule is CC(O)C(=O)O.CCO/N=C(/c1ccc(Br)cc1)C1CCN(C2(C)CCN(C(=O)c3c(C)cc[n+]([O-])c3C)CC2)CC1. The molecule has 2 saturated heterocycles. The molecule has 1 aromatic heterocycles. The van der Waals surface area contributed by atoms with Crippen molar-refractivity contribution in [3.63, 3.8) is 0 Å². The van der Waals surface area contributed by atoms with Gasteiger partial charge in [-0.3, -0.25) is 9.69 Å². The Hall–Kier alpha value is -3.02. The summed E-state index contributed by atoms with van der Waals surface area (Å²) in [5.41, 5.74) is 4.11. The third-order valence-corrected chi connectivity index (χ3v) is 8.85. The van der Waals surface area contributed by atoms with Crippen LogP contribution in [-0.2, 0) is 9.63 Å². The van der Waals surface area contributed by atoms with Crippen molar-refractivity contribution in [2.45, 2.75) is 71.9 Å². The molecule has 1 atom stereocenters. The number of aromatic nitrogens is 1. The fourth-order valence-corrected chi connectivity index (χ4v) is 5.83. The standard InChI is InChI=1S/C28H37BrN4O3.C3H6O3/c1-5-36-30-26(22-6-8-24(29)9-7-22)23-11-15-32(16-12-23)28(4)13-18-31(19-14-28)27(34)25-20(2)10-17-33(35)21(25)3;1-2(4)3(5)6/h6-10,17,23H,5,11-16,18-19H2,1-4H3;2,4H,1H3,(H,5,6)/b30-26-;. The van der Waals surface area contributed by atoms with Crippen LogP contribution in [0.25, 0.3) is 0 Å². The molecule has 42 heavy (non-hydrogen) atoms. The molecule has 10 nitrogen and oxygen atoms in total. The van der Waals surface area contributed by atoms with Gasteiger partial charge in [0, 0.05) is 42.0 Å². The normalized spacial score (nSPS) is 18.5. The molecular weight excluding hydrogens is 604 g/mol. The average Bonchev–Trinajstić information content (AvgIpc) is 2.97. The number of piperidine rings is 2. The molecule has 1 aromatic carbocycles. The third kappa shape index (κ3) is 8.29. The molecule has 2 aliphatic heterocycles. The molecule has 1 amide bonds. The van der Waals surface area contributed by atoms with E-state index in [0.717, 1.165) is 64.8 Å². The van der Waals surface area contributed by atoms with E-state index in [-0.39, 0.29) is 11.4 Å². The van der Waals surface area contributed by atoms with Crippen molar-refractivity contribution in [3.05, 3.63) is 68.6 Å². The first-order valence-electron chi connectivity index (χ1n) is 14.5. The zero-order valence-corrected chi connectivity index (χ0v) is 26.8. The van der Waals surface area contributed by atoms with Gasteiger partial charge in [0.15, 0.2) is 6.20 Å². The Morgan fingerprint density at radius 1 is 1.14 bits per heavy atom. The van der Waals surface area contributed by atoms with E-state index in [2.05, 4.69) is 57.2 Å². The van der Waals surface area contributed by atoms with Crippen molar-refractivity contribution >= 4 is 33.5 Å². The van der Waals surface area contributed by atoms with E-state index in [4.69, 9.17) is 15.1 Å². The maximum Gasteiger partial charge on any atom is 0.332 e. The van der Waals surface area contributed by atoms with Crippen molar-refractivity contribution < 1.29 is 29.4 Å². The molecule has 3 heterocycles. The van der Waals surface area contributed by atoms with Crippen molar-refractivity contribution in [1.82, 2.24) is 9.80 Å². The van der Waals surface area contributed by atoms with Crippen molar-refractivity contribution in [3.8, 4) is 0 Å². The fourth-order valence-electron chi connectivity index (χ4n) is 5.57. The molecule has 2 N–H and O–H groups in total. The minimum absolute atomic E-state index is 0.0257. The van der Waals surface area contributed by atoms with E-state index in [0.29, 0.717) is 36.9 Å². The highest BCUT2D eigenvalue weighted by Gasteiger charge is 2.40. The van der Waals surface area contributed by atoms with Crippen LogP contribution in [-0.4, -0.2) is 82.0 Å². The number of aliphatic hydroxyl groups excluding tert-OH is 1. The molecule has 2 aliphatic rings. The van der Waals surface area contributed by atoms with Gasteiger partial charge >= 0.3 is 5.97 Å². The van der Waals surface area contributed by atoms with Crippen LogP contribution in [0.15, 0.2) is 46.2 Å². The van der Waals surface area contributed by atoms with Crippen LogP contribution >= 0.6 is 15.9 Å². The lowest BCUT2D eigenvalue weighted by Gasteiger charge is -2.49. The van der Waals surface area contributed by atoms with E-state index in [1.54, 1.807) is 13.0 Å². The first-order chi connectivity index (χ1) is 19.9. The van der Waals surface area contributed by atoms with Crippen LogP contribution in [0.4, 0.5) is 0 Å². The summed E-state index contributed by atoms with van der Waals surface area (Å²) in [6.07, 6.45) is 4.17. The topological polar surface area (TPSA) is 130 Å². The second kappa shape index (κ2) is 14.9. The number of aliphatic hydroxyl groups is 1. The number of aryl methyl sites for hydroxylation is 1. The zero-order chi connectivity index (χ0) is 31.0. The number of halogens is 1. The highest BCUT2D eigenvalue weighted by atomic mass is 79.9. The van der Waals surface area contributed by atoms with Crippen molar-refractivity contribution in [2.24, 2.45) is 11.1 Å². The number of hydrogen-bond donors (Lipinski definition) is 2. The van der Waals surface area contributed by atoms with Gasteiger partial charge < -0.3 is 25.2 Å². The second-order valence-electron chi connectivity index (χ2n) is 11.3. The first kappa shape index (κ1) is 33.5. The molecule has 0 spiro atoms. The minimum Gasteiger partial charge on any atom is -0.618 e. The van der Waals surface area contributed by atoms with E-state index in [1.165, 1.54) is 13.1 Å². The molecule has 0 saturated carbocycles. The first-order valence-corrected chi connectivity index (χ1v) is 15.3. The Balaban J connectivity index is 0.000000730. The summed E-state index contributed by atoms with van der Waals surface area (Å²) in [5.74, 6) is -0.848. The minimum atomic E-state index is -1.23. The number of pyridine rings is 1. The van der Waals surface area contributed by atoms with Crippen LogP contribution in [0, 0.1) is 25.0 Å². The Kier molecular flexibility index (Phi) is 11.9. The van der Waals surface area contributed by atoms with Gasteiger partial charge in [-0.1, -0.05) is 33.2 Å². The monoisotopic (exact) mass is 646 g/mol. The summed E-state index contributed by atoms with van der Waals surface area (Å²) in [7, 11) is 0.